The normalized spacial score (nSPS) is 11.2. The van der Waals surface area contributed by atoms with Crippen LogP contribution in [-0.2, 0) is 6.61 Å². The van der Waals surface area contributed by atoms with E-state index >= 15 is 0 Å². The van der Waals surface area contributed by atoms with E-state index in [2.05, 4.69) is 31.1 Å². The van der Waals surface area contributed by atoms with Crippen LogP contribution in [0.5, 0.6) is 5.75 Å². The molecular weight excluding hydrogens is 307 g/mol. The lowest BCUT2D eigenvalue weighted by Crippen LogP contribution is -2.27. The third-order valence-corrected chi connectivity index (χ3v) is 3.43. The lowest BCUT2D eigenvalue weighted by molar-refractivity contribution is 0.0949. The minimum absolute atomic E-state index is 0.135. The molecule has 0 spiro atoms. The third-order valence-electron chi connectivity index (χ3n) is 3.43. The highest BCUT2D eigenvalue weighted by Crippen LogP contribution is 2.17. The number of hydrogen-bond acceptors (Lipinski definition) is 3. The summed E-state index contributed by atoms with van der Waals surface area (Å²) < 4.78 is 18.5. The summed E-state index contributed by atoms with van der Waals surface area (Å²) in [6.45, 7) is 7.25. The zero-order valence-electron chi connectivity index (χ0n) is 14.3. The van der Waals surface area contributed by atoms with Crippen molar-refractivity contribution in [2.45, 2.75) is 33.8 Å². The van der Waals surface area contributed by atoms with Gasteiger partial charge in [0.15, 0.2) is 0 Å². The van der Waals surface area contributed by atoms with Crippen molar-refractivity contribution in [2.75, 3.05) is 6.54 Å². The first kappa shape index (κ1) is 17.9. The number of carbonyl (C=O) groups excluding carboxylic acids is 1. The number of halogens is 1. The Morgan fingerprint density at radius 3 is 2.67 bits per heavy atom. The Bertz CT molecular complexity index is 679. The van der Waals surface area contributed by atoms with Crippen LogP contribution in [0.25, 0.3) is 0 Å². The molecule has 2 aromatic rings. The smallest absolute Gasteiger partial charge is 0.252 e. The average molecular weight is 330 g/mol. The molecule has 0 bridgehead atoms. The van der Waals surface area contributed by atoms with Crippen LogP contribution in [0.1, 0.15) is 43.2 Å². The minimum Gasteiger partial charge on any atom is -0.487 e. The number of carbonyl (C=O) groups is 1. The zero-order valence-corrected chi connectivity index (χ0v) is 14.3. The number of hydrogen-bond donors (Lipinski definition) is 1. The molecule has 1 amide bonds. The molecule has 1 aromatic heterocycles. The van der Waals surface area contributed by atoms with E-state index in [0.29, 0.717) is 23.6 Å². The molecule has 0 unspecified atom stereocenters. The van der Waals surface area contributed by atoms with E-state index in [1.807, 2.05) is 0 Å². The van der Waals surface area contributed by atoms with E-state index in [9.17, 15) is 9.18 Å². The van der Waals surface area contributed by atoms with Crippen LogP contribution in [0.15, 0.2) is 42.6 Å². The number of pyridine rings is 1. The lowest BCUT2D eigenvalue weighted by Gasteiger charge is -2.18. The van der Waals surface area contributed by atoms with Crippen molar-refractivity contribution in [3.8, 4) is 5.75 Å². The highest BCUT2D eigenvalue weighted by Gasteiger charge is 2.11. The Balaban J connectivity index is 1.85. The van der Waals surface area contributed by atoms with Crippen LogP contribution in [0.4, 0.5) is 4.39 Å². The quantitative estimate of drug-likeness (QED) is 0.872. The third kappa shape index (κ3) is 5.99. The first-order chi connectivity index (χ1) is 11.3. The van der Waals surface area contributed by atoms with Crippen LogP contribution in [-0.4, -0.2) is 17.4 Å². The fourth-order valence-corrected chi connectivity index (χ4v) is 2.01. The Hall–Kier alpha value is -2.43. The molecule has 1 heterocycles. The van der Waals surface area contributed by atoms with Gasteiger partial charge in [-0.05, 0) is 36.1 Å². The number of aromatic nitrogens is 1. The number of rotatable bonds is 6. The van der Waals surface area contributed by atoms with Crippen molar-refractivity contribution in [3.63, 3.8) is 0 Å². The molecule has 1 aromatic carbocycles. The molecule has 0 fully saturated rings. The van der Waals surface area contributed by atoms with Gasteiger partial charge >= 0.3 is 0 Å². The van der Waals surface area contributed by atoms with Gasteiger partial charge in [0, 0.05) is 18.8 Å². The molecule has 2 rings (SSSR count). The Labute approximate surface area is 142 Å². The van der Waals surface area contributed by atoms with Gasteiger partial charge in [0.25, 0.3) is 5.91 Å². The standard InChI is InChI=1S/C19H23FN2O2/c1-19(2,3)9-10-21-18(23)14-7-8-16(22-12-14)13-24-17-6-4-5-15(20)11-17/h4-8,11-12H,9-10,13H2,1-3H3,(H,21,23). The van der Waals surface area contributed by atoms with Gasteiger partial charge in [-0.15, -0.1) is 0 Å². The molecule has 128 valence electrons. The molecule has 1 N–H and O–H groups in total. The topological polar surface area (TPSA) is 51.2 Å². The predicted octanol–water partition coefficient (Wildman–Crippen LogP) is 3.97. The molecule has 0 aliphatic rings. The maximum atomic E-state index is 13.1. The highest BCUT2D eigenvalue weighted by atomic mass is 19.1. The van der Waals surface area contributed by atoms with E-state index in [1.54, 1.807) is 24.3 Å². The summed E-state index contributed by atoms with van der Waals surface area (Å²) in [7, 11) is 0. The maximum absolute atomic E-state index is 13.1. The largest absolute Gasteiger partial charge is 0.487 e. The van der Waals surface area contributed by atoms with E-state index < -0.39 is 0 Å². The molecule has 24 heavy (non-hydrogen) atoms. The van der Waals surface area contributed by atoms with Gasteiger partial charge in [0.2, 0.25) is 0 Å². The van der Waals surface area contributed by atoms with Crippen molar-refractivity contribution in [2.24, 2.45) is 5.41 Å². The summed E-state index contributed by atoms with van der Waals surface area (Å²) >= 11 is 0. The molecule has 0 aliphatic heterocycles. The van der Waals surface area contributed by atoms with Crippen molar-refractivity contribution < 1.29 is 13.9 Å². The lowest BCUT2D eigenvalue weighted by atomic mass is 9.92. The van der Waals surface area contributed by atoms with E-state index in [1.165, 1.54) is 18.3 Å². The second kappa shape index (κ2) is 7.90. The van der Waals surface area contributed by atoms with Gasteiger partial charge in [0.1, 0.15) is 18.2 Å². The van der Waals surface area contributed by atoms with E-state index in [4.69, 9.17) is 4.74 Å². The van der Waals surface area contributed by atoms with Crippen LogP contribution in [0.2, 0.25) is 0 Å². The van der Waals surface area contributed by atoms with Crippen molar-refractivity contribution in [3.05, 3.63) is 59.7 Å². The Kier molecular flexibility index (Phi) is 5.90. The number of nitrogens with zero attached hydrogens (tertiary/aromatic N) is 1. The van der Waals surface area contributed by atoms with Gasteiger partial charge in [-0.3, -0.25) is 9.78 Å². The summed E-state index contributed by atoms with van der Waals surface area (Å²) in [5.74, 6) is -0.0344. The monoisotopic (exact) mass is 330 g/mol. The molecule has 4 nitrogen and oxygen atoms in total. The molecule has 0 radical (unpaired) electrons. The predicted molar refractivity (Wildman–Crippen MR) is 91.4 cm³/mol. The number of amides is 1. The summed E-state index contributed by atoms with van der Waals surface area (Å²) in [5.41, 5.74) is 1.37. The van der Waals surface area contributed by atoms with E-state index in [-0.39, 0.29) is 23.7 Å². The van der Waals surface area contributed by atoms with Crippen LogP contribution >= 0.6 is 0 Å². The molecule has 0 atom stereocenters. The van der Waals surface area contributed by atoms with Crippen molar-refractivity contribution in [1.82, 2.24) is 10.3 Å². The zero-order chi connectivity index (χ0) is 17.6. The Morgan fingerprint density at radius 1 is 1.25 bits per heavy atom. The number of ether oxygens (including phenoxy) is 1. The maximum Gasteiger partial charge on any atom is 0.252 e. The first-order valence-corrected chi connectivity index (χ1v) is 7.95. The fraction of sp³-hybridized carbons (Fsp3) is 0.368. The van der Waals surface area contributed by atoms with Gasteiger partial charge in [-0.2, -0.15) is 0 Å². The highest BCUT2D eigenvalue weighted by molar-refractivity contribution is 5.93. The van der Waals surface area contributed by atoms with Gasteiger partial charge in [-0.25, -0.2) is 4.39 Å². The molecule has 0 saturated carbocycles. The summed E-state index contributed by atoms with van der Waals surface area (Å²) in [4.78, 5) is 16.2. The van der Waals surface area contributed by atoms with Gasteiger partial charge in [0.05, 0.1) is 11.3 Å². The van der Waals surface area contributed by atoms with Crippen molar-refractivity contribution in [1.29, 1.82) is 0 Å². The van der Waals surface area contributed by atoms with E-state index in [0.717, 1.165) is 6.42 Å². The average Bonchev–Trinajstić information content (AvgIpc) is 2.52. The first-order valence-electron chi connectivity index (χ1n) is 7.95. The fourth-order valence-electron chi connectivity index (χ4n) is 2.01. The molecule has 5 heteroatoms. The summed E-state index contributed by atoms with van der Waals surface area (Å²) in [5, 5.41) is 2.89. The Morgan fingerprint density at radius 2 is 2.04 bits per heavy atom. The molecule has 0 saturated heterocycles. The SMILES string of the molecule is CC(C)(C)CCNC(=O)c1ccc(COc2cccc(F)c2)nc1. The van der Waals surface area contributed by atoms with Crippen LogP contribution < -0.4 is 10.1 Å². The molecular formula is C19H23FN2O2. The van der Waals surface area contributed by atoms with Crippen LogP contribution in [0, 0.1) is 11.2 Å². The van der Waals surface area contributed by atoms with Crippen molar-refractivity contribution >= 4 is 5.91 Å². The molecule has 0 aliphatic carbocycles. The second-order valence-corrected chi connectivity index (χ2v) is 6.85. The number of nitrogens with one attached hydrogen (secondary N) is 1. The van der Waals surface area contributed by atoms with Crippen LogP contribution in [0.3, 0.4) is 0 Å². The second-order valence-electron chi connectivity index (χ2n) is 6.85. The minimum atomic E-state index is -0.345. The summed E-state index contributed by atoms with van der Waals surface area (Å²) in [6.07, 6.45) is 2.43. The van der Waals surface area contributed by atoms with Gasteiger partial charge in [-0.1, -0.05) is 26.8 Å². The summed E-state index contributed by atoms with van der Waals surface area (Å²) in [6, 6.07) is 9.39. The number of benzene rings is 1. The van der Waals surface area contributed by atoms with Gasteiger partial charge < -0.3 is 10.1 Å².